The summed E-state index contributed by atoms with van der Waals surface area (Å²) in [5.74, 6) is 0.393. The quantitative estimate of drug-likeness (QED) is 0.882. The van der Waals surface area contributed by atoms with Crippen LogP contribution in [-0.2, 0) is 13.0 Å². The molecule has 1 saturated carbocycles. The fourth-order valence-electron chi connectivity index (χ4n) is 3.89. The average molecular weight is 274 g/mol. The number of hydrogen-bond donors (Lipinski definition) is 2. The number of benzene rings is 1. The molecule has 0 aromatic heterocycles. The van der Waals surface area contributed by atoms with E-state index < -0.39 is 5.60 Å². The van der Waals surface area contributed by atoms with Gasteiger partial charge in [-0.3, -0.25) is 4.90 Å². The lowest BCUT2D eigenvalue weighted by molar-refractivity contribution is 0.00411. The van der Waals surface area contributed by atoms with E-state index in [0.29, 0.717) is 12.5 Å². The molecule has 110 valence electrons. The van der Waals surface area contributed by atoms with Crippen LogP contribution < -0.4 is 5.73 Å². The molecule has 1 aliphatic carbocycles. The summed E-state index contributed by atoms with van der Waals surface area (Å²) in [6.45, 7) is 3.70. The Morgan fingerprint density at radius 1 is 1.30 bits per heavy atom. The third-order valence-corrected chi connectivity index (χ3v) is 5.28. The summed E-state index contributed by atoms with van der Waals surface area (Å²) >= 11 is 0. The SMILES string of the molecule is NCC1(O)CCCC1CCN1CCc2ccccc2C1. The minimum atomic E-state index is -0.590. The minimum absolute atomic E-state index is 0.393. The van der Waals surface area contributed by atoms with E-state index in [1.165, 1.54) is 11.1 Å². The summed E-state index contributed by atoms with van der Waals surface area (Å²) in [5, 5.41) is 10.5. The van der Waals surface area contributed by atoms with E-state index in [1.807, 2.05) is 0 Å². The summed E-state index contributed by atoms with van der Waals surface area (Å²) in [4.78, 5) is 2.53. The van der Waals surface area contributed by atoms with Crippen molar-refractivity contribution in [2.45, 2.75) is 44.2 Å². The fourth-order valence-corrected chi connectivity index (χ4v) is 3.89. The highest BCUT2D eigenvalue weighted by molar-refractivity contribution is 5.29. The summed E-state index contributed by atoms with van der Waals surface area (Å²) in [7, 11) is 0. The highest BCUT2D eigenvalue weighted by Crippen LogP contribution is 2.37. The van der Waals surface area contributed by atoms with Crippen LogP contribution in [0.25, 0.3) is 0 Å². The highest BCUT2D eigenvalue weighted by atomic mass is 16.3. The van der Waals surface area contributed by atoms with Crippen molar-refractivity contribution in [3.05, 3.63) is 35.4 Å². The zero-order chi connectivity index (χ0) is 14.0. The van der Waals surface area contributed by atoms with Crippen molar-refractivity contribution in [2.24, 2.45) is 11.7 Å². The van der Waals surface area contributed by atoms with Crippen LogP contribution in [0.5, 0.6) is 0 Å². The molecule has 2 atom stereocenters. The van der Waals surface area contributed by atoms with Gasteiger partial charge in [0.1, 0.15) is 0 Å². The van der Waals surface area contributed by atoms with Gasteiger partial charge in [0.2, 0.25) is 0 Å². The third-order valence-electron chi connectivity index (χ3n) is 5.28. The predicted octanol–water partition coefficient (Wildman–Crippen LogP) is 1.92. The van der Waals surface area contributed by atoms with E-state index in [1.54, 1.807) is 0 Å². The molecule has 1 fully saturated rings. The van der Waals surface area contributed by atoms with Gasteiger partial charge >= 0.3 is 0 Å². The first kappa shape index (κ1) is 14.1. The molecule has 2 unspecified atom stereocenters. The molecular weight excluding hydrogens is 248 g/mol. The molecule has 3 nitrogen and oxygen atoms in total. The van der Waals surface area contributed by atoms with Crippen molar-refractivity contribution >= 4 is 0 Å². The van der Waals surface area contributed by atoms with Gasteiger partial charge in [0, 0.05) is 19.6 Å². The van der Waals surface area contributed by atoms with Gasteiger partial charge in [-0.1, -0.05) is 30.7 Å². The van der Waals surface area contributed by atoms with Crippen molar-refractivity contribution in [1.82, 2.24) is 4.90 Å². The van der Waals surface area contributed by atoms with Crippen LogP contribution in [0.2, 0.25) is 0 Å². The van der Waals surface area contributed by atoms with E-state index >= 15 is 0 Å². The maximum Gasteiger partial charge on any atom is 0.0797 e. The standard InChI is InChI=1S/C17H26N2O/c18-13-17(20)9-3-6-16(17)8-11-19-10-7-14-4-1-2-5-15(14)12-19/h1-2,4-5,16,20H,3,6-13,18H2. The highest BCUT2D eigenvalue weighted by Gasteiger charge is 2.39. The van der Waals surface area contributed by atoms with E-state index in [0.717, 1.165) is 51.7 Å². The van der Waals surface area contributed by atoms with Crippen LogP contribution in [0.15, 0.2) is 24.3 Å². The monoisotopic (exact) mass is 274 g/mol. The largest absolute Gasteiger partial charge is 0.388 e. The molecule has 0 saturated heterocycles. The lowest BCUT2D eigenvalue weighted by Gasteiger charge is -2.33. The molecule has 1 aromatic carbocycles. The molecule has 3 N–H and O–H groups in total. The van der Waals surface area contributed by atoms with Gasteiger partial charge in [-0.15, -0.1) is 0 Å². The molecule has 3 rings (SSSR count). The second kappa shape index (κ2) is 5.84. The van der Waals surface area contributed by atoms with Crippen LogP contribution >= 0.6 is 0 Å². The lowest BCUT2D eigenvalue weighted by Crippen LogP contribution is -2.42. The number of nitrogens with zero attached hydrogens (tertiary/aromatic N) is 1. The Morgan fingerprint density at radius 3 is 2.90 bits per heavy atom. The van der Waals surface area contributed by atoms with Gasteiger partial charge in [-0.25, -0.2) is 0 Å². The number of fused-ring (bicyclic) bond motifs is 1. The van der Waals surface area contributed by atoms with Crippen LogP contribution in [0.1, 0.15) is 36.8 Å². The van der Waals surface area contributed by atoms with E-state index in [2.05, 4.69) is 29.2 Å². The van der Waals surface area contributed by atoms with Gasteiger partial charge in [0.25, 0.3) is 0 Å². The first-order valence-electron chi connectivity index (χ1n) is 7.93. The first-order chi connectivity index (χ1) is 9.71. The molecule has 3 heteroatoms. The van der Waals surface area contributed by atoms with Crippen LogP contribution in [0.4, 0.5) is 0 Å². The molecule has 1 heterocycles. The van der Waals surface area contributed by atoms with E-state index in [9.17, 15) is 5.11 Å². The summed E-state index contributed by atoms with van der Waals surface area (Å²) in [6, 6.07) is 8.75. The number of hydrogen-bond acceptors (Lipinski definition) is 3. The van der Waals surface area contributed by atoms with Crippen molar-refractivity contribution in [3.8, 4) is 0 Å². The summed E-state index contributed by atoms with van der Waals surface area (Å²) in [5.41, 5.74) is 8.15. The lowest BCUT2D eigenvalue weighted by atomic mass is 9.88. The average Bonchev–Trinajstić information content (AvgIpc) is 2.87. The van der Waals surface area contributed by atoms with Crippen molar-refractivity contribution in [2.75, 3.05) is 19.6 Å². The molecule has 0 amide bonds. The van der Waals surface area contributed by atoms with Gasteiger partial charge < -0.3 is 10.8 Å². The Kier molecular flexibility index (Phi) is 4.11. The molecule has 1 aromatic rings. The number of aliphatic hydroxyl groups is 1. The Bertz CT molecular complexity index is 462. The molecule has 0 radical (unpaired) electrons. The van der Waals surface area contributed by atoms with Crippen LogP contribution in [-0.4, -0.2) is 35.2 Å². The van der Waals surface area contributed by atoms with E-state index in [4.69, 9.17) is 5.73 Å². The Labute approximate surface area is 121 Å². The Hall–Kier alpha value is -0.900. The van der Waals surface area contributed by atoms with Crippen molar-refractivity contribution < 1.29 is 5.11 Å². The zero-order valence-corrected chi connectivity index (χ0v) is 12.2. The van der Waals surface area contributed by atoms with Gasteiger partial charge in [-0.05, 0) is 49.3 Å². The molecule has 20 heavy (non-hydrogen) atoms. The molecular formula is C17H26N2O. The fraction of sp³-hybridized carbons (Fsp3) is 0.647. The molecule has 0 spiro atoms. The van der Waals surface area contributed by atoms with Gasteiger partial charge in [0.05, 0.1) is 5.60 Å². The summed E-state index contributed by atoms with van der Waals surface area (Å²) in [6.07, 6.45) is 5.38. The maximum atomic E-state index is 10.5. The topological polar surface area (TPSA) is 49.5 Å². The maximum absolute atomic E-state index is 10.5. The number of nitrogens with two attached hydrogens (primary N) is 1. The Balaban J connectivity index is 1.55. The second-order valence-electron chi connectivity index (χ2n) is 6.48. The van der Waals surface area contributed by atoms with Gasteiger partial charge in [-0.2, -0.15) is 0 Å². The van der Waals surface area contributed by atoms with Crippen LogP contribution in [0, 0.1) is 5.92 Å². The second-order valence-corrected chi connectivity index (χ2v) is 6.48. The number of rotatable bonds is 4. The van der Waals surface area contributed by atoms with Crippen molar-refractivity contribution in [3.63, 3.8) is 0 Å². The van der Waals surface area contributed by atoms with Crippen LogP contribution in [0.3, 0.4) is 0 Å². The Morgan fingerprint density at radius 2 is 2.10 bits per heavy atom. The first-order valence-corrected chi connectivity index (χ1v) is 7.93. The molecule has 2 aliphatic rings. The smallest absolute Gasteiger partial charge is 0.0797 e. The van der Waals surface area contributed by atoms with E-state index in [-0.39, 0.29) is 0 Å². The normalized spacial score (nSPS) is 30.4. The molecule has 0 bridgehead atoms. The molecule has 1 aliphatic heterocycles. The van der Waals surface area contributed by atoms with Gasteiger partial charge in [0.15, 0.2) is 0 Å². The minimum Gasteiger partial charge on any atom is -0.388 e. The third kappa shape index (κ3) is 2.76. The van der Waals surface area contributed by atoms with Crippen molar-refractivity contribution in [1.29, 1.82) is 0 Å². The summed E-state index contributed by atoms with van der Waals surface area (Å²) < 4.78 is 0. The predicted molar refractivity (Wildman–Crippen MR) is 81.4 cm³/mol. The zero-order valence-electron chi connectivity index (χ0n) is 12.2.